The topological polar surface area (TPSA) is 40.1 Å². The van der Waals surface area contributed by atoms with Gasteiger partial charge in [0.2, 0.25) is 0 Å². The number of carbonyl (C=O) groups is 1. The number of rotatable bonds is 1. The molecule has 76 valence electrons. The average molecular weight is 207 g/mol. The Kier molecular flexibility index (Phi) is 2.46. The van der Waals surface area contributed by atoms with Gasteiger partial charge in [-0.1, -0.05) is 0 Å². The molecule has 1 aromatic carbocycles. The van der Waals surface area contributed by atoms with Gasteiger partial charge in [0.25, 0.3) is 0 Å². The van der Waals surface area contributed by atoms with Crippen LogP contribution >= 0.6 is 0 Å². The summed E-state index contributed by atoms with van der Waals surface area (Å²) in [6.45, 7) is 0.788. The van der Waals surface area contributed by atoms with Crippen LogP contribution in [-0.4, -0.2) is 5.97 Å². The van der Waals surface area contributed by atoms with Crippen LogP contribution in [0.15, 0.2) is 0 Å². The monoisotopic (exact) mass is 207 g/mol. The number of halogens is 4. The number of carbonyl (C=O) groups excluding carboxylic acids is 1. The highest BCUT2D eigenvalue weighted by molar-refractivity contribution is 5.86. The Balaban J connectivity index is 3.68. The summed E-state index contributed by atoms with van der Waals surface area (Å²) in [6, 6.07) is 0. The highest BCUT2D eigenvalue weighted by Crippen LogP contribution is 2.22. The molecule has 0 aromatic heterocycles. The maximum Gasteiger partial charge on any atom is 0.171 e. The summed E-state index contributed by atoms with van der Waals surface area (Å²) < 4.78 is 50.9. The van der Waals surface area contributed by atoms with Crippen molar-refractivity contribution in [2.75, 3.05) is 0 Å². The third-order valence-corrected chi connectivity index (χ3v) is 1.69. The smallest absolute Gasteiger partial charge is 0.171 e. The van der Waals surface area contributed by atoms with E-state index < -0.39 is 40.4 Å². The highest BCUT2D eigenvalue weighted by Gasteiger charge is 2.23. The number of aromatic carboxylic acids is 1. The first-order valence-corrected chi connectivity index (χ1v) is 3.41. The number of hydrogen-bond donors (Lipinski definition) is 0. The molecule has 0 bridgehead atoms. The minimum Gasteiger partial charge on any atom is -0.545 e. The van der Waals surface area contributed by atoms with Gasteiger partial charge in [-0.15, -0.1) is 0 Å². The van der Waals surface area contributed by atoms with Crippen LogP contribution in [0.1, 0.15) is 15.9 Å². The molecular formula is C8H3F4O2-. The van der Waals surface area contributed by atoms with E-state index in [0.29, 0.717) is 0 Å². The molecule has 0 aliphatic rings. The van der Waals surface area contributed by atoms with Crippen molar-refractivity contribution in [3.8, 4) is 0 Å². The zero-order chi connectivity index (χ0) is 11.0. The molecule has 0 N–H and O–H groups in total. The molecule has 1 rings (SSSR count). The average Bonchev–Trinajstić information content (AvgIpc) is 2.11. The highest BCUT2D eigenvalue weighted by atomic mass is 19.2. The Hall–Kier alpha value is -1.59. The Bertz CT molecular complexity index is 385. The maximum atomic E-state index is 12.8. The zero-order valence-corrected chi connectivity index (χ0v) is 6.83. The van der Waals surface area contributed by atoms with Crippen LogP contribution in [0.25, 0.3) is 0 Å². The molecular weight excluding hydrogens is 204 g/mol. The minimum absolute atomic E-state index is 0.788. The van der Waals surface area contributed by atoms with Crippen LogP contribution < -0.4 is 5.11 Å². The third kappa shape index (κ3) is 1.32. The number of carboxylic acid groups (broad SMARTS) is 1. The molecule has 0 heterocycles. The van der Waals surface area contributed by atoms with E-state index in [2.05, 4.69) is 0 Å². The minimum atomic E-state index is -2.31. The van der Waals surface area contributed by atoms with Crippen molar-refractivity contribution in [3.63, 3.8) is 0 Å². The second kappa shape index (κ2) is 3.28. The molecule has 0 fully saturated rings. The molecule has 0 saturated heterocycles. The fraction of sp³-hybridized carbons (Fsp3) is 0.125. The van der Waals surface area contributed by atoms with Crippen LogP contribution in [-0.2, 0) is 0 Å². The van der Waals surface area contributed by atoms with Crippen LogP contribution in [0, 0.1) is 30.2 Å². The van der Waals surface area contributed by atoms with Crippen LogP contribution in [0.4, 0.5) is 17.6 Å². The summed E-state index contributed by atoms with van der Waals surface area (Å²) in [6.07, 6.45) is 0. The molecule has 0 amide bonds. The third-order valence-electron chi connectivity index (χ3n) is 1.69. The van der Waals surface area contributed by atoms with Crippen molar-refractivity contribution >= 4 is 5.97 Å². The summed E-state index contributed by atoms with van der Waals surface area (Å²) in [7, 11) is 0. The molecule has 2 nitrogen and oxygen atoms in total. The quantitative estimate of drug-likeness (QED) is 0.507. The lowest BCUT2D eigenvalue weighted by Gasteiger charge is -2.09. The molecule has 0 unspecified atom stereocenters. The van der Waals surface area contributed by atoms with Crippen molar-refractivity contribution in [2.45, 2.75) is 6.92 Å². The van der Waals surface area contributed by atoms with E-state index in [9.17, 15) is 27.5 Å². The first-order valence-electron chi connectivity index (χ1n) is 3.41. The van der Waals surface area contributed by atoms with Gasteiger partial charge in [0.15, 0.2) is 23.3 Å². The second-order valence-corrected chi connectivity index (χ2v) is 2.54. The standard InChI is InChI=1S/C8H4F4O2/c1-2-4(9)6(11)3(8(13)14)7(12)5(2)10/h1H3,(H,13,14)/p-1. The van der Waals surface area contributed by atoms with Gasteiger partial charge in [-0.2, -0.15) is 0 Å². The van der Waals surface area contributed by atoms with E-state index in [1.54, 1.807) is 0 Å². The molecule has 14 heavy (non-hydrogen) atoms. The molecule has 0 atom stereocenters. The largest absolute Gasteiger partial charge is 0.545 e. The van der Waals surface area contributed by atoms with Gasteiger partial charge in [-0.25, -0.2) is 17.6 Å². The van der Waals surface area contributed by atoms with Crippen molar-refractivity contribution in [3.05, 3.63) is 34.4 Å². The van der Waals surface area contributed by atoms with E-state index in [0.717, 1.165) is 6.92 Å². The molecule has 0 spiro atoms. The SMILES string of the molecule is Cc1c(F)c(F)c(C(=O)[O-])c(F)c1F. The van der Waals surface area contributed by atoms with Crippen molar-refractivity contribution < 1.29 is 27.5 Å². The zero-order valence-electron chi connectivity index (χ0n) is 6.83. The fourth-order valence-electron chi connectivity index (χ4n) is 0.921. The van der Waals surface area contributed by atoms with Gasteiger partial charge in [0.1, 0.15) is 0 Å². The Morgan fingerprint density at radius 3 is 1.64 bits per heavy atom. The fourth-order valence-corrected chi connectivity index (χ4v) is 0.921. The van der Waals surface area contributed by atoms with E-state index in [-0.39, 0.29) is 0 Å². The molecule has 6 heteroatoms. The summed E-state index contributed by atoms with van der Waals surface area (Å²) in [4.78, 5) is 10.1. The summed E-state index contributed by atoms with van der Waals surface area (Å²) >= 11 is 0. The van der Waals surface area contributed by atoms with E-state index in [1.165, 1.54) is 0 Å². The number of carboxylic acids is 1. The second-order valence-electron chi connectivity index (χ2n) is 2.54. The van der Waals surface area contributed by atoms with E-state index in [1.807, 2.05) is 0 Å². The molecule has 0 radical (unpaired) electrons. The molecule has 0 aliphatic heterocycles. The van der Waals surface area contributed by atoms with Gasteiger partial charge >= 0.3 is 0 Å². The van der Waals surface area contributed by atoms with E-state index >= 15 is 0 Å². The van der Waals surface area contributed by atoms with Crippen molar-refractivity contribution in [2.24, 2.45) is 0 Å². The van der Waals surface area contributed by atoms with Crippen LogP contribution in [0.2, 0.25) is 0 Å². The molecule has 0 aliphatic carbocycles. The molecule has 1 aromatic rings. The van der Waals surface area contributed by atoms with Crippen LogP contribution in [0.5, 0.6) is 0 Å². The van der Waals surface area contributed by atoms with Crippen LogP contribution in [0.3, 0.4) is 0 Å². The normalized spacial score (nSPS) is 10.4. The van der Waals surface area contributed by atoms with Gasteiger partial charge in [0.05, 0.1) is 11.5 Å². The summed E-state index contributed by atoms with van der Waals surface area (Å²) in [5, 5.41) is 10.1. The van der Waals surface area contributed by atoms with Gasteiger partial charge < -0.3 is 9.90 Å². The van der Waals surface area contributed by atoms with Gasteiger partial charge in [0, 0.05) is 5.56 Å². The van der Waals surface area contributed by atoms with Crippen molar-refractivity contribution in [1.29, 1.82) is 0 Å². The number of hydrogen-bond acceptors (Lipinski definition) is 2. The van der Waals surface area contributed by atoms with E-state index in [4.69, 9.17) is 0 Å². The number of benzene rings is 1. The first kappa shape index (κ1) is 10.5. The lowest BCUT2D eigenvalue weighted by Crippen LogP contribution is -2.26. The van der Waals surface area contributed by atoms with Gasteiger partial charge in [-0.3, -0.25) is 0 Å². The lowest BCUT2D eigenvalue weighted by molar-refractivity contribution is -0.255. The predicted octanol–water partition coefficient (Wildman–Crippen LogP) is 0.915. The Labute approximate surface area is 75.8 Å². The predicted molar refractivity (Wildman–Crippen MR) is 35.3 cm³/mol. The Morgan fingerprint density at radius 1 is 1.00 bits per heavy atom. The summed E-state index contributed by atoms with van der Waals surface area (Å²) in [5.74, 6) is -9.69. The Morgan fingerprint density at radius 2 is 1.36 bits per heavy atom. The lowest BCUT2D eigenvalue weighted by atomic mass is 10.1. The maximum absolute atomic E-state index is 12.8. The molecule has 0 saturated carbocycles. The first-order chi connectivity index (χ1) is 6.37. The van der Waals surface area contributed by atoms with Crippen molar-refractivity contribution in [1.82, 2.24) is 0 Å². The summed E-state index contributed by atoms with van der Waals surface area (Å²) in [5.41, 5.74) is -2.64. The van der Waals surface area contributed by atoms with Gasteiger partial charge in [-0.05, 0) is 6.92 Å².